The highest BCUT2D eigenvalue weighted by molar-refractivity contribution is 5.81. The second-order valence-electron chi connectivity index (χ2n) is 4.82. The molecule has 0 unspecified atom stereocenters. The van der Waals surface area contributed by atoms with Crippen molar-refractivity contribution in [3.63, 3.8) is 0 Å². The quantitative estimate of drug-likeness (QED) is 0.411. The molecule has 0 aliphatic carbocycles. The fourth-order valence-corrected chi connectivity index (χ4v) is 1.89. The summed E-state index contributed by atoms with van der Waals surface area (Å²) in [5.74, 6) is 0. The zero-order valence-corrected chi connectivity index (χ0v) is 13.0. The third-order valence-electron chi connectivity index (χ3n) is 3.09. The highest BCUT2D eigenvalue weighted by atomic mass is 16.1. The van der Waals surface area contributed by atoms with Gasteiger partial charge in [-0.2, -0.15) is 0 Å². The van der Waals surface area contributed by atoms with Crippen molar-refractivity contribution in [3.05, 3.63) is 72.0 Å². The minimum absolute atomic E-state index is 0.466. The Morgan fingerprint density at radius 2 is 2.10 bits per heavy atom. The molecule has 0 amide bonds. The zero-order valence-electron chi connectivity index (χ0n) is 13.0. The third-order valence-corrected chi connectivity index (χ3v) is 3.09. The Morgan fingerprint density at radius 3 is 2.76 bits per heavy atom. The Bertz CT molecular complexity index is 579. The van der Waals surface area contributed by atoms with E-state index in [9.17, 15) is 4.79 Å². The number of carbonyl (C=O) groups excluding carboxylic acids is 1. The van der Waals surface area contributed by atoms with Gasteiger partial charge < -0.3 is 4.90 Å². The number of allylic oxidation sites excluding steroid dienone is 5. The Balaban J connectivity index is 3.06. The number of anilines is 1. The average molecular weight is 281 g/mol. The lowest BCUT2D eigenvalue weighted by Gasteiger charge is -2.18. The molecular formula is C19H23NO. The molecule has 0 spiro atoms. The number of carbonyl (C=O) groups is 1. The predicted octanol–water partition coefficient (Wildman–Crippen LogP) is 4.68. The van der Waals surface area contributed by atoms with Crippen LogP contribution in [0.1, 0.15) is 24.5 Å². The summed E-state index contributed by atoms with van der Waals surface area (Å²) < 4.78 is 0. The predicted molar refractivity (Wildman–Crippen MR) is 92.4 cm³/mol. The molecule has 0 aliphatic heterocycles. The van der Waals surface area contributed by atoms with Gasteiger partial charge in [0.25, 0.3) is 0 Å². The highest BCUT2D eigenvalue weighted by Crippen LogP contribution is 2.25. The number of aldehydes is 1. The number of benzene rings is 1. The molecule has 1 rings (SSSR count). The summed E-state index contributed by atoms with van der Waals surface area (Å²) in [6.07, 6.45) is 13.6. The Hall–Kier alpha value is -2.35. The van der Waals surface area contributed by atoms with Crippen molar-refractivity contribution in [2.24, 2.45) is 0 Å². The minimum atomic E-state index is 0.466. The molecule has 0 bridgehead atoms. The number of aryl methyl sites for hydroxylation is 1. The summed E-state index contributed by atoms with van der Waals surface area (Å²) in [6.45, 7) is 7.84. The van der Waals surface area contributed by atoms with E-state index in [1.807, 2.05) is 37.5 Å². The first-order valence-electron chi connectivity index (χ1n) is 7.08. The maximum atomic E-state index is 10.7. The third kappa shape index (κ3) is 5.27. The Kier molecular flexibility index (Phi) is 6.96. The fourth-order valence-electron chi connectivity index (χ4n) is 1.89. The Labute approximate surface area is 127 Å². The van der Waals surface area contributed by atoms with Crippen LogP contribution in [0.4, 0.5) is 5.69 Å². The summed E-state index contributed by atoms with van der Waals surface area (Å²) in [5.41, 5.74) is 3.80. The first kappa shape index (κ1) is 16.7. The van der Waals surface area contributed by atoms with E-state index in [2.05, 4.69) is 43.5 Å². The average Bonchev–Trinajstić information content (AvgIpc) is 2.49. The molecule has 0 radical (unpaired) electrons. The molecule has 2 heteroatoms. The van der Waals surface area contributed by atoms with Gasteiger partial charge in [-0.15, -0.1) is 0 Å². The SMILES string of the molecule is C=C(C=O)/C=C\c1c(C)cccc1N(C)/C=C\C=C\CC. The van der Waals surface area contributed by atoms with Crippen molar-refractivity contribution in [1.29, 1.82) is 0 Å². The number of hydrogen-bond donors (Lipinski definition) is 0. The van der Waals surface area contributed by atoms with E-state index in [0.717, 1.165) is 29.5 Å². The van der Waals surface area contributed by atoms with E-state index in [0.29, 0.717) is 5.57 Å². The molecule has 0 aromatic heterocycles. The molecular weight excluding hydrogens is 258 g/mol. The maximum Gasteiger partial charge on any atom is 0.149 e. The van der Waals surface area contributed by atoms with Crippen molar-refractivity contribution in [1.82, 2.24) is 0 Å². The van der Waals surface area contributed by atoms with Crippen molar-refractivity contribution in [3.8, 4) is 0 Å². The van der Waals surface area contributed by atoms with Gasteiger partial charge in [-0.1, -0.05) is 49.9 Å². The molecule has 0 heterocycles. The molecule has 110 valence electrons. The second kappa shape index (κ2) is 8.75. The lowest BCUT2D eigenvalue weighted by Crippen LogP contribution is -2.09. The van der Waals surface area contributed by atoms with Gasteiger partial charge in [0.1, 0.15) is 6.29 Å². The van der Waals surface area contributed by atoms with Crippen molar-refractivity contribution in [2.75, 3.05) is 11.9 Å². The van der Waals surface area contributed by atoms with Crippen LogP contribution in [0.2, 0.25) is 0 Å². The second-order valence-corrected chi connectivity index (χ2v) is 4.82. The van der Waals surface area contributed by atoms with E-state index in [4.69, 9.17) is 0 Å². The van der Waals surface area contributed by atoms with Gasteiger partial charge in [-0.05, 0) is 31.1 Å². The topological polar surface area (TPSA) is 20.3 Å². The molecule has 0 aliphatic rings. The van der Waals surface area contributed by atoms with Crippen LogP contribution in [0.25, 0.3) is 6.08 Å². The van der Waals surface area contributed by atoms with Crippen molar-refractivity contribution in [2.45, 2.75) is 20.3 Å². The van der Waals surface area contributed by atoms with Gasteiger partial charge in [0.15, 0.2) is 0 Å². The van der Waals surface area contributed by atoms with E-state index in [-0.39, 0.29) is 0 Å². The van der Waals surface area contributed by atoms with Gasteiger partial charge in [0, 0.05) is 30.1 Å². The highest BCUT2D eigenvalue weighted by Gasteiger charge is 2.05. The number of nitrogens with zero attached hydrogens (tertiary/aromatic N) is 1. The lowest BCUT2D eigenvalue weighted by atomic mass is 10.0. The van der Waals surface area contributed by atoms with E-state index >= 15 is 0 Å². The van der Waals surface area contributed by atoms with Crippen LogP contribution >= 0.6 is 0 Å². The van der Waals surface area contributed by atoms with Crippen molar-refractivity contribution < 1.29 is 4.79 Å². The van der Waals surface area contributed by atoms with Crippen molar-refractivity contribution >= 4 is 18.0 Å². The molecule has 2 nitrogen and oxygen atoms in total. The fraction of sp³-hybridized carbons (Fsp3) is 0.211. The first-order chi connectivity index (χ1) is 10.1. The van der Waals surface area contributed by atoms with Gasteiger partial charge >= 0.3 is 0 Å². The summed E-state index contributed by atoms with van der Waals surface area (Å²) in [6, 6.07) is 6.15. The van der Waals surface area contributed by atoms with Crippen LogP contribution < -0.4 is 4.90 Å². The maximum absolute atomic E-state index is 10.7. The van der Waals surface area contributed by atoms with Gasteiger partial charge in [-0.25, -0.2) is 0 Å². The molecule has 1 aromatic rings. The molecule has 0 atom stereocenters. The Morgan fingerprint density at radius 1 is 1.33 bits per heavy atom. The first-order valence-corrected chi connectivity index (χ1v) is 7.08. The van der Waals surface area contributed by atoms with Crippen LogP contribution in [0.3, 0.4) is 0 Å². The van der Waals surface area contributed by atoms with Crippen LogP contribution in [0.15, 0.2) is 60.9 Å². The smallest absolute Gasteiger partial charge is 0.149 e. The number of hydrogen-bond acceptors (Lipinski definition) is 2. The molecule has 0 N–H and O–H groups in total. The van der Waals surface area contributed by atoms with Crippen LogP contribution in [-0.2, 0) is 4.79 Å². The van der Waals surface area contributed by atoms with E-state index in [1.165, 1.54) is 0 Å². The molecule has 0 fully saturated rings. The minimum Gasteiger partial charge on any atom is -0.351 e. The van der Waals surface area contributed by atoms with Crippen LogP contribution in [0.5, 0.6) is 0 Å². The molecule has 1 aromatic carbocycles. The molecule has 0 saturated carbocycles. The number of rotatable bonds is 7. The molecule has 21 heavy (non-hydrogen) atoms. The standard InChI is InChI=1S/C19H23NO/c1-5-6-7-8-14-20(4)19-11-9-10-17(3)18(19)13-12-16(2)15-21/h6-15H,2,5H2,1,3-4H3/b7-6+,13-12-,14-8-. The lowest BCUT2D eigenvalue weighted by molar-refractivity contribution is -0.104. The van der Waals surface area contributed by atoms with Crippen LogP contribution in [0, 0.1) is 6.92 Å². The summed E-state index contributed by atoms with van der Waals surface area (Å²) in [4.78, 5) is 12.7. The van der Waals surface area contributed by atoms with E-state index < -0.39 is 0 Å². The normalized spacial score (nSPS) is 11.6. The van der Waals surface area contributed by atoms with Gasteiger partial charge in [0.2, 0.25) is 0 Å². The summed E-state index contributed by atoms with van der Waals surface area (Å²) >= 11 is 0. The van der Waals surface area contributed by atoms with Gasteiger partial charge in [0.05, 0.1) is 0 Å². The van der Waals surface area contributed by atoms with Crippen LogP contribution in [-0.4, -0.2) is 13.3 Å². The zero-order chi connectivity index (χ0) is 15.7. The summed E-state index contributed by atoms with van der Waals surface area (Å²) in [5, 5.41) is 0. The van der Waals surface area contributed by atoms with E-state index in [1.54, 1.807) is 6.08 Å². The van der Waals surface area contributed by atoms with Gasteiger partial charge in [-0.3, -0.25) is 4.79 Å². The largest absolute Gasteiger partial charge is 0.351 e. The monoisotopic (exact) mass is 281 g/mol. The molecule has 0 saturated heterocycles. The summed E-state index contributed by atoms with van der Waals surface area (Å²) in [7, 11) is 2.01.